The molecular weight excluding hydrogens is 254 g/mol. The number of fused-ring (bicyclic) bond motifs is 1. The van der Waals surface area contributed by atoms with E-state index in [9.17, 15) is 5.11 Å². The number of anilines is 1. The third kappa shape index (κ3) is 1.78. The van der Waals surface area contributed by atoms with E-state index in [1.54, 1.807) is 0 Å². The molecule has 6 heteroatoms. The molecule has 0 aliphatic heterocycles. The molecule has 0 unspecified atom stereocenters. The van der Waals surface area contributed by atoms with Crippen molar-refractivity contribution in [3.8, 4) is 0 Å². The van der Waals surface area contributed by atoms with Crippen LogP contribution in [0.25, 0.3) is 11.2 Å². The van der Waals surface area contributed by atoms with Gasteiger partial charge in [-0.3, -0.25) is 0 Å². The summed E-state index contributed by atoms with van der Waals surface area (Å²) < 4.78 is 1.85. The molecule has 2 aliphatic rings. The van der Waals surface area contributed by atoms with Crippen LogP contribution in [0.1, 0.15) is 43.7 Å². The van der Waals surface area contributed by atoms with E-state index < -0.39 is 0 Å². The fourth-order valence-corrected chi connectivity index (χ4v) is 3.02. The SMILES string of the molecule is Nc1nn(CC2(CO)CCC2)c2nc(C3CC3)cnc12. The van der Waals surface area contributed by atoms with Crippen molar-refractivity contribution >= 4 is 17.0 Å². The summed E-state index contributed by atoms with van der Waals surface area (Å²) in [6, 6.07) is 0. The van der Waals surface area contributed by atoms with Crippen LogP contribution in [-0.4, -0.2) is 31.5 Å². The summed E-state index contributed by atoms with van der Waals surface area (Å²) in [4.78, 5) is 9.14. The van der Waals surface area contributed by atoms with E-state index >= 15 is 0 Å². The van der Waals surface area contributed by atoms with Crippen LogP contribution in [0.2, 0.25) is 0 Å². The minimum absolute atomic E-state index is 0.0390. The van der Waals surface area contributed by atoms with Crippen molar-refractivity contribution in [2.75, 3.05) is 12.3 Å². The van der Waals surface area contributed by atoms with Gasteiger partial charge in [0.1, 0.15) is 0 Å². The molecule has 0 amide bonds. The Kier molecular flexibility index (Phi) is 2.51. The second-order valence-electron chi connectivity index (χ2n) is 6.30. The lowest BCUT2D eigenvalue weighted by Gasteiger charge is -2.40. The van der Waals surface area contributed by atoms with Gasteiger partial charge in [0, 0.05) is 17.5 Å². The monoisotopic (exact) mass is 273 g/mol. The molecule has 20 heavy (non-hydrogen) atoms. The van der Waals surface area contributed by atoms with Gasteiger partial charge in [-0.25, -0.2) is 14.6 Å². The number of nitrogens with two attached hydrogens (primary N) is 1. The standard InChI is InChI=1S/C14H19N5O/c15-12-11-13(17-10(6-16-11)9-2-3-9)19(18-12)7-14(8-20)4-1-5-14/h6,9,20H,1-5,7-8H2,(H2,15,18). The van der Waals surface area contributed by atoms with E-state index in [1.807, 2.05) is 10.9 Å². The Morgan fingerprint density at radius 3 is 2.80 bits per heavy atom. The van der Waals surface area contributed by atoms with Crippen molar-refractivity contribution in [1.82, 2.24) is 19.7 Å². The van der Waals surface area contributed by atoms with Crippen LogP contribution >= 0.6 is 0 Å². The summed E-state index contributed by atoms with van der Waals surface area (Å²) >= 11 is 0. The molecule has 106 valence electrons. The van der Waals surface area contributed by atoms with Crippen LogP contribution in [0, 0.1) is 5.41 Å². The average Bonchev–Trinajstić information content (AvgIpc) is 3.21. The largest absolute Gasteiger partial charge is 0.396 e. The Bertz CT molecular complexity index is 651. The molecule has 0 atom stereocenters. The number of aliphatic hydroxyl groups is 1. The summed E-state index contributed by atoms with van der Waals surface area (Å²) in [6.45, 7) is 0.879. The number of aliphatic hydroxyl groups excluding tert-OH is 1. The third-order valence-corrected chi connectivity index (χ3v) is 4.72. The molecule has 2 fully saturated rings. The Balaban J connectivity index is 1.75. The molecule has 0 radical (unpaired) electrons. The zero-order valence-corrected chi connectivity index (χ0v) is 11.4. The Morgan fingerprint density at radius 1 is 1.40 bits per heavy atom. The van der Waals surface area contributed by atoms with Gasteiger partial charge in [-0.2, -0.15) is 5.10 Å². The van der Waals surface area contributed by atoms with Gasteiger partial charge >= 0.3 is 0 Å². The maximum Gasteiger partial charge on any atom is 0.179 e. The summed E-state index contributed by atoms with van der Waals surface area (Å²) in [6.07, 6.45) is 7.48. The predicted octanol–water partition coefficient (Wildman–Crippen LogP) is 1.45. The van der Waals surface area contributed by atoms with Crippen LogP contribution in [0.3, 0.4) is 0 Å². The maximum absolute atomic E-state index is 9.62. The van der Waals surface area contributed by atoms with Crippen LogP contribution in [0.5, 0.6) is 0 Å². The number of nitrogens with zero attached hydrogens (tertiary/aromatic N) is 4. The van der Waals surface area contributed by atoms with Gasteiger partial charge in [-0.1, -0.05) is 6.42 Å². The molecule has 2 heterocycles. The van der Waals surface area contributed by atoms with Crippen molar-refractivity contribution in [1.29, 1.82) is 0 Å². The minimum atomic E-state index is -0.0390. The molecule has 6 nitrogen and oxygen atoms in total. The lowest BCUT2D eigenvalue weighted by Crippen LogP contribution is -2.38. The summed E-state index contributed by atoms with van der Waals surface area (Å²) in [5, 5.41) is 14.0. The molecule has 0 bridgehead atoms. The minimum Gasteiger partial charge on any atom is -0.396 e. The van der Waals surface area contributed by atoms with Crippen LogP contribution < -0.4 is 5.73 Å². The number of hydrogen-bond acceptors (Lipinski definition) is 5. The van der Waals surface area contributed by atoms with Gasteiger partial charge in [-0.15, -0.1) is 0 Å². The number of aromatic nitrogens is 4. The third-order valence-electron chi connectivity index (χ3n) is 4.72. The van der Waals surface area contributed by atoms with E-state index in [0.29, 0.717) is 23.8 Å². The quantitative estimate of drug-likeness (QED) is 0.880. The molecule has 3 N–H and O–H groups in total. The molecule has 2 saturated carbocycles. The number of nitrogen functional groups attached to an aromatic ring is 1. The van der Waals surface area contributed by atoms with Gasteiger partial charge < -0.3 is 10.8 Å². The first-order valence-corrected chi connectivity index (χ1v) is 7.31. The van der Waals surface area contributed by atoms with Crippen molar-refractivity contribution < 1.29 is 5.11 Å². The van der Waals surface area contributed by atoms with E-state index in [-0.39, 0.29) is 12.0 Å². The molecule has 0 spiro atoms. The summed E-state index contributed by atoms with van der Waals surface area (Å²) in [7, 11) is 0. The first-order chi connectivity index (χ1) is 9.71. The summed E-state index contributed by atoms with van der Waals surface area (Å²) in [5.74, 6) is 0.995. The van der Waals surface area contributed by atoms with E-state index in [2.05, 4.69) is 10.1 Å². The van der Waals surface area contributed by atoms with Gasteiger partial charge in [0.15, 0.2) is 17.0 Å². The Labute approximate surface area is 117 Å². The molecule has 0 saturated heterocycles. The second kappa shape index (κ2) is 4.15. The van der Waals surface area contributed by atoms with E-state index in [0.717, 1.165) is 24.2 Å². The zero-order chi connectivity index (χ0) is 13.7. The van der Waals surface area contributed by atoms with E-state index in [4.69, 9.17) is 10.7 Å². The van der Waals surface area contributed by atoms with Gasteiger partial charge in [0.2, 0.25) is 0 Å². The number of hydrogen-bond donors (Lipinski definition) is 2. The summed E-state index contributed by atoms with van der Waals surface area (Å²) in [5.41, 5.74) is 8.40. The average molecular weight is 273 g/mol. The normalized spacial score (nSPS) is 21.1. The maximum atomic E-state index is 9.62. The van der Waals surface area contributed by atoms with Gasteiger partial charge in [0.05, 0.1) is 18.8 Å². The molecule has 4 rings (SSSR count). The molecule has 2 aliphatic carbocycles. The van der Waals surface area contributed by atoms with Crippen LogP contribution in [-0.2, 0) is 6.54 Å². The predicted molar refractivity (Wildman–Crippen MR) is 75.1 cm³/mol. The highest BCUT2D eigenvalue weighted by Gasteiger charge is 2.38. The highest BCUT2D eigenvalue weighted by atomic mass is 16.3. The van der Waals surface area contributed by atoms with Crippen molar-refractivity contribution in [2.45, 2.75) is 44.6 Å². The van der Waals surface area contributed by atoms with Crippen LogP contribution in [0.4, 0.5) is 5.82 Å². The lowest BCUT2D eigenvalue weighted by molar-refractivity contribution is 0.0254. The molecule has 0 aromatic carbocycles. The van der Waals surface area contributed by atoms with Crippen molar-refractivity contribution in [3.63, 3.8) is 0 Å². The lowest BCUT2D eigenvalue weighted by atomic mass is 9.69. The smallest absolute Gasteiger partial charge is 0.179 e. The highest BCUT2D eigenvalue weighted by Crippen LogP contribution is 2.43. The highest BCUT2D eigenvalue weighted by molar-refractivity contribution is 5.81. The zero-order valence-electron chi connectivity index (χ0n) is 11.4. The van der Waals surface area contributed by atoms with Gasteiger partial charge in [0.25, 0.3) is 0 Å². The fourth-order valence-electron chi connectivity index (χ4n) is 3.02. The topological polar surface area (TPSA) is 89.8 Å². The number of rotatable bonds is 4. The molecule has 2 aromatic rings. The first-order valence-electron chi connectivity index (χ1n) is 7.31. The Hall–Kier alpha value is -1.69. The Morgan fingerprint density at radius 2 is 2.20 bits per heavy atom. The van der Waals surface area contributed by atoms with Crippen LogP contribution in [0.15, 0.2) is 6.20 Å². The molecular formula is C14H19N5O. The first kappa shape index (κ1) is 12.1. The fraction of sp³-hybridized carbons (Fsp3) is 0.643. The van der Waals surface area contributed by atoms with Crippen molar-refractivity contribution in [2.24, 2.45) is 5.41 Å². The molecule has 2 aromatic heterocycles. The second-order valence-corrected chi connectivity index (χ2v) is 6.30. The van der Waals surface area contributed by atoms with Gasteiger partial charge in [-0.05, 0) is 25.7 Å². The van der Waals surface area contributed by atoms with Crippen molar-refractivity contribution in [3.05, 3.63) is 11.9 Å². The van der Waals surface area contributed by atoms with E-state index in [1.165, 1.54) is 19.3 Å².